The quantitative estimate of drug-likeness (QED) is 0.896. The van der Waals surface area contributed by atoms with E-state index in [9.17, 15) is 4.79 Å². The third-order valence-corrected chi connectivity index (χ3v) is 2.63. The van der Waals surface area contributed by atoms with Gasteiger partial charge in [-0.05, 0) is 12.1 Å². The van der Waals surface area contributed by atoms with Gasteiger partial charge >= 0.3 is 0 Å². The van der Waals surface area contributed by atoms with E-state index in [0.29, 0.717) is 11.6 Å². The zero-order valence-corrected chi connectivity index (χ0v) is 10.8. The van der Waals surface area contributed by atoms with Crippen molar-refractivity contribution in [2.24, 2.45) is 0 Å². The first-order chi connectivity index (χ1) is 9.10. The number of methoxy groups -OCH3 is 1. The van der Waals surface area contributed by atoms with Crippen molar-refractivity contribution in [1.82, 2.24) is 9.97 Å². The van der Waals surface area contributed by atoms with Gasteiger partial charge in [-0.1, -0.05) is 11.6 Å². The number of rotatable bonds is 3. The predicted molar refractivity (Wildman–Crippen MR) is 72.4 cm³/mol. The summed E-state index contributed by atoms with van der Waals surface area (Å²) in [5.74, 6) is 0.303. The fourth-order valence-electron chi connectivity index (χ4n) is 1.40. The molecular weight excluding hydrogens is 268 g/mol. The molecule has 0 aliphatic rings. The van der Waals surface area contributed by atoms with Crippen LogP contribution in [0.25, 0.3) is 0 Å². The summed E-state index contributed by atoms with van der Waals surface area (Å²) in [6.07, 6.45) is 2.81. The van der Waals surface area contributed by atoms with Crippen LogP contribution in [0.3, 0.4) is 0 Å². The third kappa shape index (κ3) is 3.11. The predicted octanol–water partition coefficient (Wildman–Crippen LogP) is 1.97. The molecule has 0 radical (unpaired) electrons. The van der Waals surface area contributed by atoms with Gasteiger partial charge in [0.15, 0.2) is 0 Å². The Labute approximate surface area is 114 Å². The number of anilines is 2. The zero-order valence-electron chi connectivity index (χ0n) is 10.1. The maximum absolute atomic E-state index is 12.0. The van der Waals surface area contributed by atoms with E-state index in [1.165, 1.54) is 25.6 Å². The van der Waals surface area contributed by atoms with E-state index < -0.39 is 0 Å². The molecule has 0 saturated heterocycles. The number of ether oxygens (including phenoxy) is 1. The minimum atomic E-state index is -0.383. The zero-order chi connectivity index (χ0) is 13.8. The van der Waals surface area contributed by atoms with Crippen molar-refractivity contribution in [2.45, 2.75) is 0 Å². The lowest BCUT2D eigenvalue weighted by molar-refractivity contribution is 0.102. The number of halogens is 1. The molecule has 7 heteroatoms. The number of aromatic nitrogens is 2. The van der Waals surface area contributed by atoms with Gasteiger partial charge in [0.25, 0.3) is 5.91 Å². The molecule has 3 N–H and O–H groups in total. The molecule has 2 rings (SSSR count). The second kappa shape index (κ2) is 5.53. The topological polar surface area (TPSA) is 90.1 Å². The summed E-state index contributed by atoms with van der Waals surface area (Å²) in [7, 11) is 1.51. The van der Waals surface area contributed by atoms with Crippen LogP contribution in [-0.2, 0) is 0 Å². The van der Waals surface area contributed by atoms with E-state index in [4.69, 9.17) is 22.1 Å². The lowest BCUT2D eigenvalue weighted by Crippen LogP contribution is -2.13. The second-order valence-electron chi connectivity index (χ2n) is 3.63. The lowest BCUT2D eigenvalue weighted by Gasteiger charge is -2.07. The van der Waals surface area contributed by atoms with Gasteiger partial charge in [0.1, 0.15) is 5.82 Å². The van der Waals surface area contributed by atoms with E-state index in [-0.39, 0.29) is 22.3 Å². The van der Waals surface area contributed by atoms with Gasteiger partial charge in [-0.2, -0.15) is 0 Å². The SMILES string of the molecule is COc1ccc(NC(=O)c2cc(N)ncc2Cl)cn1. The molecule has 0 spiro atoms. The molecule has 2 heterocycles. The Morgan fingerprint density at radius 3 is 2.79 bits per heavy atom. The fourth-order valence-corrected chi connectivity index (χ4v) is 1.59. The molecule has 0 unspecified atom stereocenters. The molecule has 98 valence electrons. The Kier molecular flexibility index (Phi) is 3.82. The highest BCUT2D eigenvalue weighted by molar-refractivity contribution is 6.34. The number of carbonyl (C=O) groups is 1. The molecular formula is C12H11ClN4O2. The lowest BCUT2D eigenvalue weighted by atomic mass is 10.2. The molecule has 0 saturated carbocycles. The number of nitrogen functional groups attached to an aromatic ring is 1. The van der Waals surface area contributed by atoms with Gasteiger partial charge in [-0.3, -0.25) is 4.79 Å². The molecule has 0 atom stereocenters. The molecule has 19 heavy (non-hydrogen) atoms. The average molecular weight is 279 g/mol. The first-order valence-corrected chi connectivity index (χ1v) is 5.70. The molecule has 0 bridgehead atoms. The number of nitrogens with zero attached hydrogens (tertiary/aromatic N) is 2. The molecule has 2 aromatic rings. The average Bonchev–Trinajstić information content (AvgIpc) is 2.42. The first-order valence-electron chi connectivity index (χ1n) is 5.32. The number of hydrogen-bond donors (Lipinski definition) is 2. The minimum absolute atomic E-state index is 0.224. The standard InChI is InChI=1S/C12H11ClN4O2/c1-19-11-3-2-7(5-16-11)17-12(18)8-4-10(14)15-6-9(8)13/h2-6H,1H3,(H2,14,15)(H,17,18). The van der Waals surface area contributed by atoms with Crippen LogP contribution in [0.4, 0.5) is 11.5 Å². The van der Waals surface area contributed by atoms with Crippen LogP contribution >= 0.6 is 11.6 Å². The van der Waals surface area contributed by atoms with Crippen LogP contribution in [0.15, 0.2) is 30.6 Å². The van der Waals surface area contributed by atoms with Crippen LogP contribution in [-0.4, -0.2) is 23.0 Å². The molecule has 1 amide bonds. The van der Waals surface area contributed by atoms with Gasteiger partial charge in [0.05, 0.1) is 29.6 Å². The normalized spacial score (nSPS) is 10.0. The van der Waals surface area contributed by atoms with E-state index in [0.717, 1.165) is 0 Å². The summed E-state index contributed by atoms with van der Waals surface area (Å²) >= 11 is 5.89. The van der Waals surface area contributed by atoms with E-state index >= 15 is 0 Å². The molecule has 0 aliphatic heterocycles. The van der Waals surface area contributed by atoms with E-state index in [2.05, 4.69) is 15.3 Å². The first kappa shape index (κ1) is 13.1. The Bertz CT molecular complexity index is 601. The summed E-state index contributed by atoms with van der Waals surface area (Å²) in [5, 5.41) is 2.88. The highest BCUT2D eigenvalue weighted by atomic mass is 35.5. The van der Waals surface area contributed by atoms with Crippen LogP contribution in [0.1, 0.15) is 10.4 Å². The molecule has 6 nitrogen and oxygen atoms in total. The van der Waals surface area contributed by atoms with Crippen molar-refractivity contribution in [3.05, 3.63) is 41.2 Å². The van der Waals surface area contributed by atoms with Crippen molar-refractivity contribution >= 4 is 29.0 Å². The third-order valence-electron chi connectivity index (χ3n) is 2.32. The second-order valence-corrected chi connectivity index (χ2v) is 4.04. The Balaban J connectivity index is 2.18. The number of pyridine rings is 2. The summed E-state index contributed by atoms with van der Waals surface area (Å²) < 4.78 is 4.92. The summed E-state index contributed by atoms with van der Waals surface area (Å²) in [5.41, 5.74) is 6.30. The summed E-state index contributed by atoms with van der Waals surface area (Å²) in [6.45, 7) is 0. The molecule has 0 fully saturated rings. The van der Waals surface area contributed by atoms with Crippen molar-refractivity contribution < 1.29 is 9.53 Å². The van der Waals surface area contributed by atoms with Crippen molar-refractivity contribution in [3.8, 4) is 5.88 Å². The highest BCUT2D eigenvalue weighted by Gasteiger charge is 2.12. The summed E-state index contributed by atoms with van der Waals surface area (Å²) in [4.78, 5) is 19.8. The van der Waals surface area contributed by atoms with E-state index in [1.807, 2.05) is 0 Å². The van der Waals surface area contributed by atoms with Gasteiger partial charge < -0.3 is 15.8 Å². The number of nitrogens with one attached hydrogen (secondary N) is 1. The maximum Gasteiger partial charge on any atom is 0.257 e. The number of carbonyl (C=O) groups excluding carboxylic acids is 1. The Morgan fingerprint density at radius 2 is 2.16 bits per heavy atom. The van der Waals surface area contributed by atoms with E-state index in [1.54, 1.807) is 12.1 Å². The highest BCUT2D eigenvalue weighted by Crippen LogP contribution is 2.19. The number of nitrogens with two attached hydrogens (primary N) is 1. The summed E-state index contributed by atoms with van der Waals surface area (Å²) in [6, 6.07) is 4.72. The van der Waals surface area contributed by atoms with Gasteiger partial charge in [0, 0.05) is 12.3 Å². The number of amides is 1. The molecule has 0 aliphatic carbocycles. The maximum atomic E-state index is 12.0. The van der Waals surface area contributed by atoms with Crippen LogP contribution in [0.5, 0.6) is 5.88 Å². The monoisotopic (exact) mass is 278 g/mol. The van der Waals surface area contributed by atoms with Gasteiger partial charge in [-0.25, -0.2) is 9.97 Å². The smallest absolute Gasteiger partial charge is 0.257 e. The van der Waals surface area contributed by atoms with Gasteiger partial charge in [-0.15, -0.1) is 0 Å². The van der Waals surface area contributed by atoms with Crippen LogP contribution in [0, 0.1) is 0 Å². The Morgan fingerprint density at radius 1 is 1.37 bits per heavy atom. The van der Waals surface area contributed by atoms with Crippen molar-refractivity contribution in [2.75, 3.05) is 18.2 Å². The van der Waals surface area contributed by atoms with Crippen molar-refractivity contribution in [1.29, 1.82) is 0 Å². The van der Waals surface area contributed by atoms with Crippen LogP contribution < -0.4 is 15.8 Å². The van der Waals surface area contributed by atoms with Gasteiger partial charge in [0.2, 0.25) is 5.88 Å². The Hall–Kier alpha value is -2.34. The fraction of sp³-hybridized carbons (Fsp3) is 0.0833. The number of hydrogen-bond acceptors (Lipinski definition) is 5. The molecule has 0 aromatic carbocycles. The molecule has 2 aromatic heterocycles. The largest absolute Gasteiger partial charge is 0.481 e. The minimum Gasteiger partial charge on any atom is -0.481 e. The van der Waals surface area contributed by atoms with Crippen LogP contribution in [0.2, 0.25) is 5.02 Å². The van der Waals surface area contributed by atoms with Crippen molar-refractivity contribution in [3.63, 3.8) is 0 Å².